The minimum absolute atomic E-state index is 0. The number of ether oxygens (including phenoxy) is 1. The van der Waals surface area contributed by atoms with Crippen molar-refractivity contribution in [2.24, 2.45) is 16.0 Å². The van der Waals surface area contributed by atoms with Gasteiger partial charge < -0.3 is 15.4 Å². The van der Waals surface area contributed by atoms with Gasteiger partial charge in [0.15, 0.2) is 5.96 Å². The molecular formula is C23H35IN4O3S. The largest absolute Gasteiger partial charge is 0.493 e. The molecule has 2 rings (SSSR count). The molecule has 7 nitrogen and oxygen atoms in total. The van der Waals surface area contributed by atoms with Crippen LogP contribution in [-0.4, -0.2) is 27.5 Å². The average molecular weight is 575 g/mol. The van der Waals surface area contributed by atoms with Gasteiger partial charge in [-0.3, -0.25) is 0 Å². The van der Waals surface area contributed by atoms with E-state index in [1.54, 1.807) is 12.1 Å². The van der Waals surface area contributed by atoms with Crippen LogP contribution in [0, 0.1) is 12.8 Å². The van der Waals surface area contributed by atoms with Gasteiger partial charge in [-0.2, -0.15) is 0 Å². The normalized spacial score (nSPS) is 11.8. The van der Waals surface area contributed by atoms with Gasteiger partial charge in [-0.25, -0.2) is 18.5 Å². The number of hydrogen-bond donors (Lipinski definition) is 3. The van der Waals surface area contributed by atoms with Gasteiger partial charge in [0.05, 0.1) is 18.0 Å². The van der Waals surface area contributed by atoms with Crippen LogP contribution in [0.3, 0.4) is 0 Å². The molecule has 0 radical (unpaired) electrons. The molecule has 178 valence electrons. The molecule has 0 bridgehead atoms. The monoisotopic (exact) mass is 574 g/mol. The van der Waals surface area contributed by atoms with Crippen LogP contribution in [0.2, 0.25) is 0 Å². The Morgan fingerprint density at radius 2 is 1.91 bits per heavy atom. The first-order valence-electron chi connectivity index (χ1n) is 10.5. The Hall–Kier alpha value is -1.85. The molecule has 0 atom stereocenters. The topological polar surface area (TPSA) is 106 Å². The van der Waals surface area contributed by atoms with Crippen molar-refractivity contribution in [2.75, 3.05) is 13.2 Å². The number of sulfonamides is 1. The number of nitrogens with two attached hydrogens (primary N) is 1. The van der Waals surface area contributed by atoms with Crippen LogP contribution in [0.4, 0.5) is 0 Å². The molecule has 0 aliphatic carbocycles. The number of primary sulfonamides is 1. The Morgan fingerprint density at radius 3 is 2.56 bits per heavy atom. The number of nitrogens with one attached hydrogen (secondary N) is 2. The summed E-state index contributed by atoms with van der Waals surface area (Å²) in [4.78, 5) is 4.66. The second-order valence-electron chi connectivity index (χ2n) is 7.88. The summed E-state index contributed by atoms with van der Waals surface area (Å²) >= 11 is 0. The van der Waals surface area contributed by atoms with E-state index in [-0.39, 0.29) is 28.9 Å². The first-order valence-corrected chi connectivity index (χ1v) is 12.1. The summed E-state index contributed by atoms with van der Waals surface area (Å²) < 4.78 is 29.1. The average Bonchev–Trinajstić information content (AvgIpc) is 2.70. The molecule has 0 saturated heterocycles. The highest BCUT2D eigenvalue weighted by molar-refractivity contribution is 14.0. The van der Waals surface area contributed by atoms with Crippen LogP contribution >= 0.6 is 24.0 Å². The lowest BCUT2D eigenvalue weighted by molar-refractivity contribution is 0.286. The van der Waals surface area contributed by atoms with Gasteiger partial charge in [0, 0.05) is 18.7 Å². The van der Waals surface area contributed by atoms with Crippen LogP contribution in [0.25, 0.3) is 0 Å². The third kappa shape index (κ3) is 9.74. The Labute approximate surface area is 209 Å². The minimum Gasteiger partial charge on any atom is -0.493 e. The first kappa shape index (κ1) is 28.2. The van der Waals surface area contributed by atoms with Crippen molar-refractivity contribution in [3.05, 3.63) is 59.2 Å². The summed E-state index contributed by atoms with van der Waals surface area (Å²) in [5.41, 5.74) is 2.96. The van der Waals surface area contributed by atoms with Crippen molar-refractivity contribution >= 4 is 40.0 Å². The van der Waals surface area contributed by atoms with Crippen molar-refractivity contribution < 1.29 is 13.2 Å². The van der Waals surface area contributed by atoms with Crippen LogP contribution in [-0.2, 0) is 23.1 Å². The van der Waals surface area contributed by atoms with Gasteiger partial charge in [0.1, 0.15) is 5.75 Å². The fourth-order valence-corrected chi connectivity index (χ4v) is 3.44. The van der Waals surface area contributed by atoms with E-state index in [0.29, 0.717) is 38.1 Å². The quantitative estimate of drug-likeness (QED) is 0.227. The number of rotatable bonds is 10. The first-order chi connectivity index (χ1) is 14.7. The second-order valence-corrected chi connectivity index (χ2v) is 9.44. The maximum absolute atomic E-state index is 11.6. The zero-order chi connectivity index (χ0) is 22.9. The Bertz CT molecular complexity index is 994. The van der Waals surface area contributed by atoms with Crippen LogP contribution in [0.5, 0.6) is 5.75 Å². The van der Waals surface area contributed by atoms with Crippen molar-refractivity contribution in [3.63, 3.8) is 0 Å². The molecule has 0 aromatic heterocycles. The van der Waals surface area contributed by atoms with Crippen molar-refractivity contribution in [3.8, 4) is 5.75 Å². The molecule has 9 heteroatoms. The van der Waals surface area contributed by atoms with Gasteiger partial charge in [0.25, 0.3) is 0 Å². The number of halogens is 1. The SMILES string of the molecule is CCNC(=NCc1cccc(S(N)(=O)=O)c1)NCc1ccc(C)cc1OCCC(C)C.I. The van der Waals surface area contributed by atoms with Gasteiger partial charge in [-0.15, -0.1) is 24.0 Å². The van der Waals surface area contributed by atoms with Crippen LogP contribution in [0.15, 0.2) is 52.4 Å². The summed E-state index contributed by atoms with van der Waals surface area (Å²) in [6, 6.07) is 12.7. The van der Waals surface area contributed by atoms with Crippen molar-refractivity contribution in [1.82, 2.24) is 10.6 Å². The summed E-state index contributed by atoms with van der Waals surface area (Å²) in [5.74, 6) is 2.11. The second kappa shape index (κ2) is 13.6. The molecule has 0 spiro atoms. The number of nitrogens with zero attached hydrogens (tertiary/aromatic N) is 1. The van der Waals surface area contributed by atoms with Crippen LogP contribution in [0.1, 0.15) is 43.9 Å². The molecule has 4 N–H and O–H groups in total. The molecule has 0 aliphatic rings. The molecule has 0 unspecified atom stereocenters. The molecule has 0 saturated carbocycles. The zero-order valence-corrected chi connectivity index (χ0v) is 22.4. The van der Waals surface area contributed by atoms with E-state index in [9.17, 15) is 8.42 Å². The lowest BCUT2D eigenvalue weighted by Crippen LogP contribution is -2.36. The molecule has 0 heterocycles. The van der Waals surface area contributed by atoms with E-state index in [4.69, 9.17) is 9.88 Å². The van der Waals surface area contributed by atoms with E-state index in [1.807, 2.05) is 19.9 Å². The molecule has 2 aromatic rings. The Morgan fingerprint density at radius 1 is 1.16 bits per heavy atom. The predicted octanol–water partition coefficient (Wildman–Crippen LogP) is 3.94. The summed E-state index contributed by atoms with van der Waals surface area (Å²) in [7, 11) is -3.74. The lowest BCUT2D eigenvalue weighted by atomic mass is 10.1. The third-order valence-electron chi connectivity index (χ3n) is 4.61. The number of guanidine groups is 1. The molecule has 0 fully saturated rings. The third-order valence-corrected chi connectivity index (χ3v) is 5.52. The van der Waals surface area contributed by atoms with E-state index in [1.165, 1.54) is 6.07 Å². The van der Waals surface area contributed by atoms with E-state index < -0.39 is 10.0 Å². The van der Waals surface area contributed by atoms with E-state index >= 15 is 0 Å². The maximum atomic E-state index is 11.6. The van der Waals surface area contributed by atoms with Gasteiger partial charge in [-0.05, 0) is 55.5 Å². The maximum Gasteiger partial charge on any atom is 0.238 e. The molecule has 0 amide bonds. The smallest absolute Gasteiger partial charge is 0.238 e. The van der Waals surface area contributed by atoms with Crippen molar-refractivity contribution in [2.45, 2.75) is 52.1 Å². The molecule has 32 heavy (non-hydrogen) atoms. The zero-order valence-electron chi connectivity index (χ0n) is 19.2. The van der Waals surface area contributed by atoms with Gasteiger partial charge in [0.2, 0.25) is 10.0 Å². The number of hydrogen-bond acceptors (Lipinski definition) is 4. The molecular weight excluding hydrogens is 539 g/mol. The Kier molecular flexibility index (Phi) is 12.0. The highest BCUT2D eigenvalue weighted by atomic mass is 127. The summed E-state index contributed by atoms with van der Waals surface area (Å²) in [6.45, 7) is 10.7. The number of aryl methyl sites for hydroxylation is 1. The minimum atomic E-state index is -3.74. The highest BCUT2D eigenvalue weighted by Crippen LogP contribution is 2.21. The van der Waals surface area contributed by atoms with E-state index in [2.05, 4.69) is 47.7 Å². The predicted molar refractivity (Wildman–Crippen MR) is 141 cm³/mol. The molecule has 2 aromatic carbocycles. The van der Waals surface area contributed by atoms with Gasteiger partial charge >= 0.3 is 0 Å². The molecule has 0 aliphatic heterocycles. The highest BCUT2D eigenvalue weighted by Gasteiger charge is 2.09. The lowest BCUT2D eigenvalue weighted by Gasteiger charge is -2.16. The number of aliphatic imine (C=N–C) groups is 1. The van der Waals surface area contributed by atoms with E-state index in [0.717, 1.165) is 28.9 Å². The summed E-state index contributed by atoms with van der Waals surface area (Å²) in [6.07, 6.45) is 1.00. The fourth-order valence-electron chi connectivity index (χ4n) is 2.86. The van der Waals surface area contributed by atoms with Gasteiger partial charge in [-0.1, -0.05) is 38.1 Å². The summed E-state index contributed by atoms with van der Waals surface area (Å²) in [5, 5.41) is 11.8. The fraction of sp³-hybridized carbons (Fsp3) is 0.435. The number of benzene rings is 2. The standard InChI is InChI=1S/C23H34N4O3S.HI/c1-5-25-23(26-15-19-7-6-8-21(14-19)31(24,28)29)27-16-20-10-9-18(4)13-22(20)30-12-11-17(2)3;/h6-10,13-14,17H,5,11-12,15-16H2,1-4H3,(H2,24,28,29)(H2,25,26,27);1H. The van der Waals surface area contributed by atoms with Crippen molar-refractivity contribution in [1.29, 1.82) is 0 Å². The Balaban J connectivity index is 0.00000512. The van der Waals surface area contributed by atoms with Crippen LogP contribution < -0.4 is 20.5 Å².